The van der Waals surface area contributed by atoms with E-state index in [1.54, 1.807) is 16.7 Å². The third-order valence-electron chi connectivity index (χ3n) is 3.66. The predicted octanol–water partition coefficient (Wildman–Crippen LogP) is 3.33. The van der Waals surface area contributed by atoms with E-state index in [2.05, 4.69) is 12.2 Å². The van der Waals surface area contributed by atoms with Gasteiger partial charge in [0, 0.05) is 4.90 Å². The number of anilines is 2. The van der Waals surface area contributed by atoms with Gasteiger partial charge in [0.2, 0.25) is 11.8 Å². The Hall–Kier alpha value is -2.27. The zero-order valence-electron chi connectivity index (χ0n) is 12.9. The molecule has 1 aliphatic rings. The van der Waals surface area contributed by atoms with E-state index in [9.17, 15) is 9.59 Å². The maximum absolute atomic E-state index is 12.6. The van der Waals surface area contributed by atoms with E-state index in [1.807, 2.05) is 48.5 Å². The summed E-state index contributed by atoms with van der Waals surface area (Å²) >= 11 is 1.77. The lowest BCUT2D eigenvalue weighted by atomic mass is 10.1. The Labute approximate surface area is 139 Å². The molecule has 1 heterocycles. The molecule has 23 heavy (non-hydrogen) atoms. The van der Waals surface area contributed by atoms with Crippen molar-refractivity contribution in [2.45, 2.75) is 18.2 Å². The van der Waals surface area contributed by atoms with Crippen molar-refractivity contribution in [3.63, 3.8) is 0 Å². The number of nitrogens with one attached hydrogen (secondary N) is 1. The normalized spacial score (nSPS) is 13.4. The van der Waals surface area contributed by atoms with Crippen LogP contribution in [0.1, 0.15) is 12.5 Å². The molecular weight excluding hydrogens is 308 g/mol. The molecular formula is C18H18N2O2S. The van der Waals surface area contributed by atoms with Crippen LogP contribution in [0.25, 0.3) is 0 Å². The number of benzene rings is 2. The molecule has 2 aromatic rings. The Bertz CT molecular complexity index is 728. The van der Waals surface area contributed by atoms with Crippen LogP contribution in [0.4, 0.5) is 11.4 Å². The number of hydrogen-bond acceptors (Lipinski definition) is 3. The van der Waals surface area contributed by atoms with Crippen LogP contribution in [-0.2, 0) is 16.0 Å². The molecule has 0 fully saturated rings. The van der Waals surface area contributed by atoms with E-state index < -0.39 is 0 Å². The van der Waals surface area contributed by atoms with Gasteiger partial charge >= 0.3 is 0 Å². The summed E-state index contributed by atoms with van der Waals surface area (Å²) in [5.41, 5.74) is 2.40. The topological polar surface area (TPSA) is 49.4 Å². The van der Waals surface area contributed by atoms with Crippen LogP contribution >= 0.6 is 11.8 Å². The maximum Gasteiger partial charge on any atom is 0.244 e. The van der Waals surface area contributed by atoms with Crippen LogP contribution in [0.15, 0.2) is 53.4 Å². The van der Waals surface area contributed by atoms with Gasteiger partial charge in [-0.3, -0.25) is 9.59 Å². The van der Waals surface area contributed by atoms with Gasteiger partial charge in [0.1, 0.15) is 6.54 Å². The molecule has 0 spiro atoms. The average molecular weight is 326 g/mol. The number of carbonyl (C=O) groups is 2. The first-order chi connectivity index (χ1) is 11.2. The Morgan fingerprint density at radius 1 is 1.17 bits per heavy atom. The second-order valence-electron chi connectivity index (χ2n) is 5.30. The summed E-state index contributed by atoms with van der Waals surface area (Å²) in [7, 11) is 0. The Kier molecular flexibility index (Phi) is 4.67. The highest BCUT2D eigenvalue weighted by Gasteiger charge is 2.26. The lowest BCUT2D eigenvalue weighted by Crippen LogP contribution is -2.42. The van der Waals surface area contributed by atoms with Gasteiger partial charge in [-0.15, -0.1) is 11.8 Å². The molecule has 3 rings (SSSR count). The molecule has 0 aromatic heterocycles. The summed E-state index contributed by atoms with van der Waals surface area (Å²) in [6.07, 6.45) is 0.290. The highest BCUT2D eigenvalue weighted by Crippen LogP contribution is 2.29. The highest BCUT2D eigenvalue weighted by molar-refractivity contribution is 7.99. The number of fused-ring (bicyclic) bond motifs is 1. The van der Waals surface area contributed by atoms with E-state index >= 15 is 0 Å². The SMILES string of the molecule is CCSc1ccc(CC(=O)N2CC(=O)Nc3ccccc32)cc1. The van der Waals surface area contributed by atoms with Crippen molar-refractivity contribution < 1.29 is 9.59 Å². The first-order valence-electron chi connectivity index (χ1n) is 7.58. The fourth-order valence-corrected chi connectivity index (χ4v) is 3.26. The zero-order chi connectivity index (χ0) is 16.2. The van der Waals surface area contributed by atoms with Crippen molar-refractivity contribution in [2.24, 2.45) is 0 Å². The second-order valence-corrected chi connectivity index (χ2v) is 6.64. The number of thioether (sulfide) groups is 1. The van der Waals surface area contributed by atoms with E-state index in [1.165, 1.54) is 4.90 Å². The molecule has 0 saturated heterocycles. The molecule has 0 atom stereocenters. The van der Waals surface area contributed by atoms with Crippen LogP contribution in [0.2, 0.25) is 0 Å². The van der Waals surface area contributed by atoms with E-state index in [0.717, 1.165) is 17.0 Å². The zero-order valence-corrected chi connectivity index (χ0v) is 13.7. The summed E-state index contributed by atoms with van der Waals surface area (Å²) in [4.78, 5) is 27.2. The van der Waals surface area contributed by atoms with Gasteiger partial charge in [0.05, 0.1) is 17.8 Å². The maximum atomic E-state index is 12.6. The number of para-hydroxylation sites is 2. The number of hydrogen-bond donors (Lipinski definition) is 1. The predicted molar refractivity (Wildman–Crippen MR) is 94.0 cm³/mol. The van der Waals surface area contributed by atoms with Crippen LogP contribution in [0.5, 0.6) is 0 Å². The minimum atomic E-state index is -0.160. The standard InChI is InChI=1S/C18H18N2O2S/c1-2-23-14-9-7-13(8-10-14)11-18(22)20-12-17(21)19-15-5-3-4-6-16(15)20/h3-10H,2,11-12H2,1H3,(H,19,21). The monoisotopic (exact) mass is 326 g/mol. The fraction of sp³-hybridized carbons (Fsp3) is 0.222. The minimum Gasteiger partial charge on any atom is -0.323 e. The fourth-order valence-electron chi connectivity index (χ4n) is 2.60. The first kappa shape index (κ1) is 15.6. The molecule has 0 bridgehead atoms. The third-order valence-corrected chi connectivity index (χ3v) is 4.56. The molecule has 0 saturated carbocycles. The molecule has 0 aliphatic carbocycles. The van der Waals surface area contributed by atoms with Gasteiger partial charge in [0.15, 0.2) is 0 Å². The van der Waals surface area contributed by atoms with Gasteiger partial charge in [-0.05, 0) is 35.6 Å². The smallest absolute Gasteiger partial charge is 0.244 e. The van der Waals surface area contributed by atoms with Gasteiger partial charge in [-0.1, -0.05) is 31.2 Å². The summed E-state index contributed by atoms with van der Waals surface area (Å²) in [6.45, 7) is 2.18. The Morgan fingerprint density at radius 3 is 2.65 bits per heavy atom. The van der Waals surface area contributed by atoms with Crippen molar-refractivity contribution in [1.82, 2.24) is 0 Å². The molecule has 1 N–H and O–H groups in total. The van der Waals surface area contributed by atoms with Crippen LogP contribution in [0, 0.1) is 0 Å². The van der Waals surface area contributed by atoms with E-state index in [4.69, 9.17) is 0 Å². The first-order valence-corrected chi connectivity index (χ1v) is 8.57. The third kappa shape index (κ3) is 3.56. The van der Waals surface area contributed by atoms with Crippen molar-refractivity contribution >= 4 is 35.0 Å². The molecule has 2 amide bonds. The number of amides is 2. The summed E-state index contributed by atoms with van der Waals surface area (Å²) < 4.78 is 0. The minimum absolute atomic E-state index is 0.0665. The van der Waals surface area contributed by atoms with Crippen molar-refractivity contribution in [1.29, 1.82) is 0 Å². The Balaban J connectivity index is 1.77. The number of nitrogens with zero attached hydrogens (tertiary/aromatic N) is 1. The highest BCUT2D eigenvalue weighted by atomic mass is 32.2. The summed E-state index contributed by atoms with van der Waals surface area (Å²) in [5, 5.41) is 2.79. The van der Waals surface area contributed by atoms with E-state index in [0.29, 0.717) is 12.1 Å². The van der Waals surface area contributed by atoms with Gasteiger partial charge < -0.3 is 10.2 Å². The van der Waals surface area contributed by atoms with Crippen LogP contribution in [-0.4, -0.2) is 24.1 Å². The number of carbonyl (C=O) groups excluding carboxylic acids is 2. The summed E-state index contributed by atoms with van der Waals surface area (Å²) in [5.74, 6) is 0.799. The average Bonchev–Trinajstić information content (AvgIpc) is 2.56. The molecule has 5 heteroatoms. The van der Waals surface area contributed by atoms with Gasteiger partial charge in [-0.25, -0.2) is 0 Å². The molecule has 118 valence electrons. The van der Waals surface area contributed by atoms with Crippen molar-refractivity contribution in [3.8, 4) is 0 Å². The van der Waals surface area contributed by atoms with Gasteiger partial charge in [0.25, 0.3) is 0 Å². The Morgan fingerprint density at radius 2 is 1.91 bits per heavy atom. The van der Waals surface area contributed by atoms with E-state index in [-0.39, 0.29) is 18.4 Å². The lowest BCUT2D eigenvalue weighted by Gasteiger charge is -2.29. The second kappa shape index (κ2) is 6.87. The molecule has 0 radical (unpaired) electrons. The largest absolute Gasteiger partial charge is 0.323 e. The molecule has 1 aliphatic heterocycles. The quantitative estimate of drug-likeness (QED) is 0.877. The van der Waals surface area contributed by atoms with Crippen molar-refractivity contribution in [3.05, 3.63) is 54.1 Å². The molecule has 0 unspecified atom stereocenters. The van der Waals surface area contributed by atoms with Gasteiger partial charge in [-0.2, -0.15) is 0 Å². The molecule has 4 nitrogen and oxygen atoms in total. The molecule has 2 aromatic carbocycles. The van der Waals surface area contributed by atoms with Crippen LogP contribution < -0.4 is 10.2 Å². The number of rotatable bonds is 4. The summed E-state index contributed by atoms with van der Waals surface area (Å²) in [6, 6.07) is 15.4. The van der Waals surface area contributed by atoms with Crippen molar-refractivity contribution in [2.75, 3.05) is 22.5 Å². The lowest BCUT2D eigenvalue weighted by molar-refractivity contribution is -0.121. The van der Waals surface area contributed by atoms with Crippen LogP contribution in [0.3, 0.4) is 0 Å².